The molecule has 1 aromatic rings. The number of carboxylic acid groups (broad SMARTS) is 1. The number of allylic oxidation sites excluding steroid dienone is 2. The second kappa shape index (κ2) is 11.8. The summed E-state index contributed by atoms with van der Waals surface area (Å²) in [7, 11) is 0. The van der Waals surface area contributed by atoms with Crippen molar-refractivity contribution >= 4 is 5.97 Å². The Bertz CT molecular complexity index is 640. The van der Waals surface area contributed by atoms with Crippen LogP contribution in [0.1, 0.15) is 44.1 Å². The van der Waals surface area contributed by atoms with Gasteiger partial charge in [-0.05, 0) is 43.6 Å². The number of hydrogen-bond acceptors (Lipinski definition) is 4. The minimum atomic E-state index is -0.793. The topological polar surface area (TPSA) is 98.0 Å². The van der Waals surface area contributed by atoms with Crippen molar-refractivity contribution < 1.29 is 25.2 Å². The van der Waals surface area contributed by atoms with Crippen molar-refractivity contribution in [1.82, 2.24) is 0 Å². The molecule has 0 saturated heterocycles. The van der Waals surface area contributed by atoms with Gasteiger partial charge in [0.2, 0.25) is 0 Å². The van der Waals surface area contributed by atoms with Crippen LogP contribution in [0.5, 0.6) is 0 Å². The molecule has 154 valence electrons. The number of benzene rings is 1. The van der Waals surface area contributed by atoms with Crippen LogP contribution in [-0.2, 0) is 11.2 Å². The number of aliphatic carboxylic acids is 1. The summed E-state index contributed by atoms with van der Waals surface area (Å²) in [6, 6.07) is 9.99. The first-order chi connectivity index (χ1) is 13.5. The van der Waals surface area contributed by atoms with E-state index in [0.717, 1.165) is 6.42 Å². The highest BCUT2D eigenvalue weighted by Crippen LogP contribution is 2.36. The highest BCUT2D eigenvalue weighted by molar-refractivity contribution is 5.66. The monoisotopic (exact) mass is 388 g/mol. The first kappa shape index (κ1) is 22.3. The Balaban J connectivity index is 1.82. The van der Waals surface area contributed by atoms with Crippen molar-refractivity contribution in [3.8, 4) is 0 Å². The highest BCUT2D eigenvalue weighted by atomic mass is 16.4. The van der Waals surface area contributed by atoms with Gasteiger partial charge < -0.3 is 20.4 Å². The summed E-state index contributed by atoms with van der Waals surface area (Å²) in [4.78, 5) is 10.5. The van der Waals surface area contributed by atoms with Gasteiger partial charge in [0.15, 0.2) is 0 Å². The normalized spacial score (nSPS) is 26.2. The van der Waals surface area contributed by atoms with Gasteiger partial charge >= 0.3 is 5.97 Å². The largest absolute Gasteiger partial charge is 0.481 e. The van der Waals surface area contributed by atoms with Crippen molar-refractivity contribution in [2.75, 3.05) is 0 Å². The highest BCUT2D eigenvalue weighted by Gasteiger charge is 2.39. The number of hydrogen-bond donors (Lipinski definition) is 4. The number of unbranched alkanes of at least 4 members (excludes halogenated alkanes) is 1. The molecule has 4 N–H and O–H groups in total. The number of carbonyl (C=O) groups is 1. The number of carboxylic acids is 1. The fourth-order valence-electron chi connectivity index (χ4n) is 3.76. The molecule has 1 aliphatic carbocycles. The van der Waals surface area contributed by atoms with Crippen LogP contribution in [0.3, 0.4) is 0 Å². The summed E-state index contributed by atoms with van der Waals surface area (Å²) in [5.74, 6) is -1.08. The van der Waals surface area contributed by atoms with Crippen LogP contribution in [0.25, 0.3) is 0 Å². The molecule has 0 amide bonds. The summed E-state index contributed by atoms with van der Waals surface area (Å²) in [6.07, 6.45) is 9.51. The summed E-state index contributed by atoms with van der Waals surface area (Å²) in [6.45, 7) is 0. The first-order valence-electron chi connectivity index (χ1n) is 10.1. The molecule has 0 aromatic heterocycles. The van der Waals surface area contributed by atoms with E-state index in [2.05, 4.69) is 0 Å². The number of rotatable bonds is 11. The molecule has 0 radical (unpaired) electrons. The van der Waals surface area contributed by atoms with E-state index in [1.54, 1.807) is 6.08 Å². The molecule has 0 bridgehead atoms. The molecule has 5 atom stereocenters. The van der Waals surface area contributed by atoms with E-state index in [4.69, 9.17) is 5.11 Å². The van der Waals surface area contributed by atoms with Gasteiger partial charge in [-0.25, -0.2) is 0 Å². The molecule has 1 saturated carbocycles. The van der Waals surface area contributed by atoms with Crippen molar-refractivity contribution in [1.29, 1.82) is 0 Å². The Morgan fingerprint density at radius 1 is 1.14 bits per heavy atom. The van der Waals surface area contributed by atoms with Crippen LogP contribution < -0.4 is 0 Å². The van der Waals surface area contributed by atoms with Crippen LogP contribution in [0.4, 0.5) is 0 Å². The van der Waals surface area contributed by atoms with Gasteiger partial charge in [-0.15, -0.1) is 0 Å². The van der Waals surface area contributed by atoms with Gasteiger partial charge in [-0.2, -0.15) is 0 Å². The Morgan fingerprint density at radius 3 is 2.61 bits per heavy atom. The quantitative estimate of drug-likeness (QED) is 0.345. The maximum absolute atomic E-state index is 10.5. The predicted octanol–water partition coefficient (Wildman–Crippen LogP) is 3.10. The molecule has 1 aromatic carbocycles. The van der Waals surface area contributed by atoms with Gasteiger partial charge in [0.25, 0.3) is 0 Å². The van der Waals surface area contributed by atoms with Crippen molar-refractivity contribution in [3.05, 3.63) is 60.2 Å². The second-order valence-electron chi connectivity index (χ2n) is 7.58. The fourth-order valence-corrected chi connectivity index (χ4v) is 3.76. The molecule has 1 aliphatic rings. The molecule has 1 fully saturated rings. The zero-order valence-electron chi connectivity index (χ0n) is 16.2. The van der Waals surface area contributed by atoms with E-state index in [9.17, 15) is 20.1 Å². The molecule has 28 heavy (non-hydrogen) atoms. The van der Waals surface area contributed by atoms with Gasteiger partial charge in [-0.3, -0.25) is 4.79 Å². The standard InChI is InChI=1S/C23H32O5/c24-18(13-12-17-8-4-3-5-9-17)14-15-20-19(21(25)16-22(20)26)10-6-1-2-7-11-23(27)28/h1,3-6,8-9,14-15,18-22,24-26H,2,7,10-13,16H2,(H,27,28)/t18-,19?,20?,21-,22+/m0/s1. The van der Waals surface area contributed by atoms with Crippen LogP contribution >= 0.6 is 0 Å². The van der Waals surface area contributed by atoms with E-state index in [1.807, 2.05) is 48.6 Å². The summed E-state index contributed by atoms with van der Waals surface area (Å²) in [5.41, 5.74) is 1.18. The van der Waals surface area contributed by atoms with Crippen molar-refractivity contribution in [2.45, 2.75) is 63.3 Å². The molecule has 0 spiro atoms. The van der Waals surface area contributed by atoms with E-state index in [0.29, 0.717) is 32.1 Å². The predicted molar refractivity (Wildman–Crippen MR) is 109 cm³/mol. The molecule has 5 heteroatoms. The maximum Gasteiger partial charge on any atom is 0.303 e. The molecular weight excluding hydrogens is 356 g/mol. The molecule has 5 nitrogen and oxygen atoms in total. The minimum absolute atomic E-state index is 0.0942. The Hall–Kier alpha value is -1.95. The van der Waals surface area contributed by atoms with Gasteiger partial charge in [-0.1, -0.05) is 54.6 Å². The lowest BCUT2D eigenvalue weighted by Gasteiger charge is -2.19. The average molecular weight is 389 g/mol. The van der Waals surface area contributed by atoms with E-state index >= 15 is 0 Å². The van der Waals surface area contributed by atoms with Crippen LogP contribution in [0, 0.1) is 11.8 Å². The van der Waals surface area contributed by atoms with Crippen LogP contribution in [-0.4, -0.2) is 44.7 Å². The van der Waals surface area contributed by atoms with Gasteiger partial charge in [0.1, 0.15) is 0 Å². The van der Waals surface area contributed by atoms with E-state index < -0.39 is 24.3 Å². The Morgan fingerprint density at radius 2 is 1.89 bits per heavy atom. The lowest BCUT2D eigenvalue weighted by molar-refractivity contribution is -0.137. The molecule has 2 unspecified atom stereocenters. The number of aliphatic hydroxyl groups is 3. The minimum Gasteiger partial charge on any atom is -0.481 e. The van der Waals surface area contributed by atoms with Gasteiger partial charge in [0.05, 0.1) is 18.3 Å². The molecule has 2 rings (SSSR count). The third-order valence-electron chi connectivity index (χ3n) is 5.38. The zero-order chi connectivity index (χ0) is 20.4. The van der Waals surface area contributed by atoms with Crippen LogP contribution in [0.2, 0.25) is 0 Å². The molecule has 0 heterocycles. The Labute approximate surface area is 167 Å². The summed E-state index contributed by atoms with van der Waals surface area (Å²) in [5, 5.41) is 39.4. The Kier molecular flexibility index (Phi) is 9.41. The SMILES string of the molecule is O=C(O)CCCC=CCC1C(C=C[C@@H](O)CCc2ccccc2)[C@H](O)C[C@@H]1O. The van der Waals surface area contributed by atoms with Crippen molar-refractivity contribution in [3.63, 3.8) is 0 Å². The van der Waals surface area contributed by atoms with Crippen molar-refractivity contribution in [2.24, 2.45) is 11.8 Å². The van der Waals surface area contributed by atoms with Crippen LogP contribution in [0.15, 0.2) is 54.6 Å². The fraction of sp³-hybridized carbons (Fsp3) is 0.522. The lowest BCUT2D eigenvalue weighted by atomic mass is 9.89. The number of aliphatic hydroxyl groups excluding tert-OH is 3. The third-order valence-corrected chi connectivity index (χ3v) is 5.38. The summed E-state index contributed by atoms with van der Waals surface area (Å²) < 4.78 is 0. The molecular formula is C23H32O5. The maximum atomic E-state index is 10.5. The summed E-state index contributed by atoms with van der Waals surface area (Å²) >= 11 is 0. The average Bonchev–Trinajstić information content (AvgIpc) is 2.94. The van der Waals surface area contributed by atoms with E-state index in [-0.39, 0.29) is 18.3 Å². The van der Waals surface area contributed by atoms with Gasteiger partial charge in [0, 0.05) is 18.8 Å². The van der Waals surface area contributed by atoms with E-state index in [1.165, 1.54) is 5.56 Å². The second-order valence-corrected chi connectivity index (χ2v) is 7.58. The number of aryl methyl sites for hydroxylation is 1. The zero-order valence-corrected chi connectivity index (χ0v) is 16.2. The smallest absolute Gasteiger partial charge is 0.303 e. The lowest BCUT2D eigenvalue weighted by Crippen LogP contribution is -2.20. The molecule has 0 aliphatic heterocycles. The first-order valence-corrected chi connectivity index (χ1v) is 10.1. The third kappa shape index (κ3) is 7.58.